The Labute approximate surface area is 398 Å². The van der Waals surface area contributed by atoms with Crippen LogP contribution in [0, 0.1) is 0 Å². The predicted molar refractivity (Wildman–Crippen MR) is 222 cm³/mol. The molecule has 4 aromatic heterocycles. The highest BCUT2D eigenvalue weighted by atomic mass is 32.2. The van der Waals surface area contributed by atoms with E-state index in [0.717, 1.165) is 23.5 Å². The molecule has 6 aromatic rings. The van der Waals surface area contributed by atoms with E-state index in [1.165, 1.54) is 36.0 Å². The number of halogens is 12. The molecule has 0 saturated heterocycles. The molecule has 388 valence electrons. The van der Waals surface area contributed by atoms with Crippen LogP contribution in [0.1, 0.15) is 0 Å². The first kappa shape index (κ1) is 55.1. The lowest BCUT2D eigenvalue weighted by atomic mass is 10.3. The Kier molecular flexibility index (Phi) is 17.6. The van der Waals surface area contributed by atoms with Crippen molar-refractivity contribution in [1.82, 2.24) is 39.0 Å². The van der Waals surface area contributed by atoms with Crippen molar-refractivity contribution in [2.75, 3.05) is 57.4 Å². The summed E-state index contributed by atoms with van der Waals surface area (Å²) in [6, 6.07) is 13.5. The second kappa shape index (κ2) is 22.7. The highest BCUT2D eigenvalue weighted by molar-refractivity contribution is 7.99. The Hall–Kier alpha value is -5.18. The number of rotatable bonds is 24. The van der Waals surface area contributed by atoms with E-state index in [-0.39, 0.29) is 64.0 Å². The topological polar surface area (TPSA) is 219 Å². The number of imidazole rings is 2. The van der Waals surface area contributed by atoms with Crippen molar-refractivity contribution in [3.05, 3.63) is 61.2 Å². The van der Waals surface area contributed by atoms with Crippen LogP contribution in [0.5, 0.6) is 11.5 Å². The van der Waals surface area contributed by atoms with Crippen LogP contribution in [0.3, 0.4) is 0 Å². The highest BCUT2D eigenvalue weighted by Gasteiger charge is 2.50. The monoisotopic (exact) mass is 1110 g/mol. The zero-order chi connectivity index (χ0) is 51.8. The van der Waals surface area contributed by atoms with E-state index < -0.39 is 66.6 Å². The quantitative estimate of drug-likeness (QED) is 0.0189. The Morgan fingerprint density at radius 2 is 0.873 bits per heavy atom. The number of fused-ring (bicyclic) bond motifs is 2. The Morgan fingerprint density at radius 3 is 1.18 bits per heavy atom. The molecule has 0 aliphatic carbocycles. The number of nitrogens with one attached hydrogen (secondary N) is 2. The predicted octanol–water partition coefficient (Wildman–Crippen LogP) is 10.2. The lowest BCUT2D eigenvalue weighted by Crippen LogP contribution is -2.21. The highest BCUT2D eigenvalue weighted by Crippen LogP contribution is 2.57. The summed E-state index contributed by atoms with van der Waals surface area (Å²) in [4.78, 5) is 28.0. The molecule has 0 aliphatic heterocycles. The van der Waals surface area contributed by atoms with Gasteiger partial charge in [-0.3, -0.25) is 9.13 Å². The van der Waals surface area contributed by atoms with Crippen LogP contribution in [0.25, 0.3) is 22.3 Å². The number of ether oxygens (including phenoxy) is 4. The van der Waals surface area contributed by atoms with Crippen molar-refractivity contribution in [2.24, 2.45) is 0 Å². The van der Waals surface area contributed by atoms with Crippen molar-refractivity contribution in [1.29, 1.82) is 0 Å². The molecule has 71 heavy (non-hydrogen) atoms. The van der Waals surface area contributed by atoms with Crippen LogP contribution in [0.15, 0.2) is 81.0 Å². The van der Waals surface area contributed by atoms with E-state index in [2.05, 4.69) is 58.6 Å². The zero-order valence-corrected chi connectivity index (χ0v) is 39.1. The van der Waals surface area contributed by atoms with Gasteiger partial charge in [-0.15, -0.1) is 52.7 Å². The first-order valence-electron chi connectivity index (χ1n) is 19.2. The summed E-state index contributed by atoms with van der Waals surface area (Å²) in [5.41, 5.74) is 0.532. The molecule has 0 atom stereocenters. The molecule has 4 heterocycles. The molecule has 36 heteroatoms. The van der Waals surface area contributed by atoms with Gasteiger partial charge in [0.2, 0.25) is 11.9 Å². The maximum Gasteiger partial charge on any atom is 0.529 e. The van der Waals surface area contributed by atoms with Gasteiger partial charge in [0.1, 0.15) is 45.3 Å². The van der Waals surface area contributed by atoms with Gasteiger partial charge in [-0.2, -0.15) is 9.97 Å². The molecule has 0 fully saturated rings. The molecule has 0 saturated carbocycles. The molecule has 2 N–H and O–H groups in total. The molecule has 0 unspecified atom stereocenters. The van der Waals surface area contributed by atoms with Crippen LogP contribution in [0.4, 0.5) is 64.6 Å². The van der Waals surface area contributed by atoms with Crippen LogP contribution in [-0.2, 0) is 49.8 Å². The minimum Gasteiger partial charge on any atom is -0.497 e. The average molecular weight is 1110 g/mol. The molecule has 6 rings (SSSR count). The molecule has 0 radical (unpaired) electrons. The van der Waals surface area contributed by atoms with Gasteiger partial charge in [0, 0.05) is 22.9 Å². The first-order chi connectivity index (χ1) is 33.2. The van der Waals surface area contributed by atoms with Crippen LogP contribution < -0.4 is 20.1 Å². The van der Waals surface area contributed by atoms with Crippen molar-refractivity contribution < 1.29 is 98.9 Å². The fourth-order valence-electron chi connectivity index (χ4n) is 5.63. The lowest BCUT2D eigenvalue weighted by Gasteiger charge is -2.20. The summed E-state index contributed by atoms with van der Waals surface area (Å²) in [5, 5.41) is 6.35. The van der Waals surface area contributed by atoms with Gasteiger partial charge in [-0.05, 0) is 48.5 Å². The van der Waals surface area contributed by atoms with Crippen LogP contribution in [-0.4, -0.2) is 111 Å². The smallest absolute Gasteiger partial charge is 0.497 e. The van der Waals surface area contributed by atoms with Gasteiger partial charge < -0.3 is 38.7 Å². The SMILES string of the molecule is COc1ccc(Sc2nc(NCNc3nc(Sc4ccc(OC)cc4)c4ncn(CCOCP(=O)(OC(F)(F)F)OC(F)(F)F)c4n3)nc3c2ncn3CCOCP(=O)(OC(F)(F)F)OC(F)(F)F)cc1. The second-order valence-electron chi connectivity index (χ2n) is 13.5. The molecule has 0 bridgehead atoms. The van der Waals surface area contributed by atoms with E-state index >= 15 is 0 Å². The van der Waals surface area contributed by atoms with Crippen molar-refractivity contribution >= 4 is 72.9 Å². The second-order valence-corrected chi connectivity index (χ2v) is 19.3. The summed E-state index contributed by atoms with van der Waals surface area (Å²) < 4.78 is 214. The maximum atomic E-state index is 12.8. The number of hydrogen-bond donors (Lipinski definition) is 2. The minimum absolute atomic E-state index is 0.0802. The van der Waals surface area contributed by atoms with Gasteiger partial charge in [0.05, 0.1) is 46.8 Å². The number of alkyl halides is 12. The van der Waals surface area contributed by atoms with Crippen molar-refractivity contribution in [2.45, 2.75) is 58.4 Å². The summed E-state index contributed by atoms with van der Waals surface area (Å²) in [5.74, 6) is 0.911. The van der Waals surface area contributed by atoms with Gasteiger partial charge in [0.25, 0.3) is 0 Å². The minimum atomic E-state index is -5.94. The van der Waals surface area contributed by atoms with Crippen LogP contribution >= 0.6 is 38.7 Å². The number of benzene rings is 2. The van der Waals surface area contributed by atoms with Gasteiger partial charge >= 0.3 is 40.6 Å². The summed E-state index contributed by atoms with van der Waals surface area (Å²) >= 11 is 2.23. The molecule has 20 nitrogen and oxygen atoms in total. The molecular weight excluding hydrogens is 1070 g/mol. The Bertz CT molecular complexity index is 2610. The van der Waals surface area contributed by atoms with Crippen molar-refractivity contribution in [3.63, 3.8) is 0 Å². The third kappa shape index (κ3) is 17.0. The third-order valence-electron chi connectivity index (χ3n) is 8.33. The summed E-state index contributed by atoms with van der Waals surface area (Å²) in [6.07, 6.45) is -24.1. The Balaban J connectivity index is 1.23. The molecule has 0 amide bonds. The molecule has 0 spiro atoms. The number of nitrogens with zero attached hydrogens (tertiary/aromatic N) is 8. The number of hydrogen-bond acceptors (Lipinski definition) is 20. The van der Waals surface area contributed by atoms with Gasteiger partial charge in [-0.25, -0.2) is 38.0 Å². The number of methoxy groups -OCH3 is 2. The largest absolute Gasteiger partial charge is 0.529 e. The Morgan fingerprint density at radius 1 is 0.535 bits per heavy atom. The maximum absolute atomic E-state index is 12.8. The fraction of sp³-hybridized carbons (Fsp3) is 0.371. The van der Waals surface area contributed by atoms with Crippen LogP contribution in [0.2, 0.25) is 0 Å². The average Bonchev–Trinajstić information content (AvgIpc) is 3.86. The summed E-state index contributed by atoms with van der Waals surface area (Å²) in [7, 11) is -8.94. The standard InChI is InChI=1S/C35H32F12N10O10P2S2/c1-60-20-3-7-22(8-4-20)70-28-24-26(56(16-50-24)11-13-62-18-68(58,64-32(36,37)38)65-33(39,40)41)52-30(54-28)48-15-49-31-53-27-25(29(55-31)71-23-9-5-21(61-2)6-10-23)51-17-57(27)12-14-63-19-69(59,66-34(42,43)44)67-35(45,46)47/h3-10,16-17H,11-15,18-19H2,1-2H3,(H,48,52,54)(H,49,53,55). The normalized spacial score (nSPS) is 13.0. The first-order valence-corrected chi connectivity index (χ1v) is 24.3. The number of anilines is 2. The molecule has 0 aliphatic rings. The lowest BCUT2D eigenvalue weighted by molar-refractivity contribution is -0.310. The van der Waals surface area contributed by atoms with E-state index in [0.29, 0.717) is 21.3 Å². The molecule has 2 aromatic carbocycles. The van der Waals surface area contributed by atoms with Crippen molar-refractivity contribution in [3.8, 4) is 11.5 Å². The fourth-order valence-corrected chi connectivity index (χ4v) is 9.62. The molecular formula is C35H32F12N10O10P2S2. The number of aromatic nitrogens is 8. The zero-order valence-electron chi connectivity index (χ0n) is 35.6. The van der Waals surface area contributed by atoms with E-state index in [4.69, 9.17) is 18.9 Å². The van der Waals surface area contributed by atoms with E-state index in [9.17, 15) is 61.8 Å². The van der Waals surface area contributed by atoms with Gasteiger partial charge in [-0.1, -0.05) is 23.5 Å². The van der Waals surface area contributed by atoms with E-state index in [1.807, 2.05) is 0 Å². The summed E-state index contributed by atoms with van der Waals surface area (Å²) in [6.45, 7) is -2.18. The van der Waals surface area contributed by atoms with Gasteiger partial charge in [0.15, 0.2) is 11.3 Å². The van der Waals surface area contributed by atoms with E-state index in [1.54, 1.807) is 48.5 Å². The third-order valence-corrected chi connectivity index (χ3v) is 13.2.